The monoisotopic (exact) mass is 285 g/mol. The van der Waals surface area contributed by atoms with Gasteiger partial charge in [0.05, 0.1) is 5.02 Å². The van der Waals surface area contributed by atoms with Gasteiger partial charge in [-0.2, -0.15) is 0 Å². The van der Waals surface area contributed by atoms with Crippen LogP contribution in [0.3, 0.4) is 0 Å². The highest BCUT2D eigenvalue weighted by Crippen LogP contribution is 2.23. The van der Waals surface area contributed by atoms with Crippen LogP contribution in [0.15, 0.2) is 18.2 Å². The first-order valence-corrected chi connectivity index (χ1v) is 7.56. The molecule has 0 aliphatic heterocycles. The van der Waals surface area contributed by atoms with Crippen LogP contribution < -0.4 is 5.32 Å². The molecule has 3 heteroatoms. The molecule has 0 amide bonds. The van der Waals surface area contributed by atoms with Gasteiger partial charge in [-0.25, -0.2) is 4.39 Å². The molecular weight excluding hydrogens is 261 g/mol. The normalized spacial score (nSPS) is 12.9. The highest BCUT2D eigenvalue weighted by atomic mass is 35.5. The molecule has 19 heavy (non-hydrogen) atoms. The molecule has 0 aromatic heterocycles. The van der Waals surface area contributed by atoms with Gasteiger partial charge in [-0.05, 0) is 49.4 Å². The van der Waals surface area contributed by atoms with E-state index >= 15 is 0 Å². The molecule has 0 heterocycles. The van der Waals surface area contributed by atoms with E-state index in [1.165, 1.54) is 6.07 Å². The number of nitrogens with one attached hydrogen (secondary N) is 1. The average molecular weight is 286 g/mol. The first kappa shape index (κ1) is 16.5. The first-order chi connectivity index (χ1) is 9.04. The Labute approximate surface area is 121 Å². The molecular formula is C16H25ClFN. The van der Waals surface area contributed by atoms with Crippen LogP contribution in [0.25, 0.3) is 0 Å². The van der Waals surface area contributed by atoms with Gasteiger partial charge in [-0.1, -0.05) is 50.9 Å². The number of benzene rings is 1. The van der Waals surface area contributed by atoms with Gasteiger partial charge in [0.25, 0.3) is 0 Å². The molecule has 0 saturated carbocycles. The van der Waals surface area contributed by atoms with E-state index in [1.807, 2.05) is 6.07 Å². The van der Waals surface area contributed by atoms with Gasteiger partial charge in [0.15, 0.2) is 0 Å². The molecule has 108 valence electrons. The smallest absolute Gasteiger partial charge is 0.142 e. The molecule has 0 spiro atoms. The summed E-state index contributed by atoms with van der Waals surface area (Å²) in [6, 6.07) is 5.08. The summed E-state index contributed by atoms with van der Waals surface area (Å²) in [5.74, 6) is 0.854. The Morgan fingerprint density at radius 2 is 2.00 bits per heavy atom. The third kappa shape index (κ3) is 5.92. The Balaban J connectivity index is 2.59. The van der Waals surface area contributed by atoms with E-state index in [0.717, 1.165) is 37.9 Å². The van der Waals surface area contributed by atoms with E-state index < -0.39 is 0 Å². The lowest BCUT2D eigenvalue weighted by molar-refractivity contribution is 0.420. The molecule has 0 aliphatic carbocycles. The fraction of sp³-hybridized carbons (Fsp3) is 0.625. The molecule has 0 fully saturated rings. The van der Waals surface area contributed by atoms with Crippen molar-refractivity contribution in [1.82, 2.24) is 5.32 Å². The van der Waals surface area contributed by atoms with Gasteiger partial charge in [0.1, 0.15) is 5.82 Å². The molecule has 0 aliphatic rings. The van der Waals surface area contributed by atoms with Gasteiger partial charge >= 0.3 is 0 Å². The maximum absolute atomic E-state index is 13.4. The second-order valence-corrected chi connectivity index (χ2v) is 6.00. The van der Waals surface area contributed by atoms with E-state index in [2.05, 4.69) is 26.1 Å². The van der Waals surface area contributed by atoms with Crippen molar-refractivity contribution in [1.29, 1.82) is 0 Å². The third-order valence-corrected chi connectivity index (χ3v) is 3.65. The fourth-order valence-electron chi connectivity index (χ4n) is 2.28. The zero-order valence-corrected chi connectivity index (χ0v) is 12.9. The van der Waals surface area contributed by atoms with Gasteiger partial charge in [-0.3, -0.25) is 0 Å². The van der Waals surface area contributed by atoms with Crippen LogP contribution in [0.4, 0.5) is 4.39 Å². The van der Waals surface area contributed by atoms with Gasteiger partial charge in [0.2, 0.25) is 0 Å². The Kier molecular flexibility index (Phi) is 7.40. The predicted molar refractivity (Wildman–Crippen MR) is 81.2 cm³/mol. The van der Waals surface area contributed by atoms with Crippen LogP contribution in [0.1, 0.15) is 39.2 Å². The Morgan fingerprint density at radius 1 is 1.26 bits per heavy atom. The summed E-state index contributed by atoms with van der Waals surface area (Å²) < 4.78 is 13.4. The quantitative estimate of drug-likeness (QED) is 0.731. The van der Waals surface area contributed by atoms with Crippen LogP contribution in [0.2, 0.25) is 5.02 Å². The largest absolute Gasteiger partial charge is 0.316 e. The summed E-state index contributed by atoms with van der Waals surface area (Å²) in [5.41, 5.74) is 0.923. The lowest BCUT2D eigenvalue weighted by Gasteiger charge is -2.18. The third-order valence-electron chi connectivity index (χ3n) is 3.22. The van der Waals surface area contributed by atoms with Crippen LogP contribution in [-0.4, -0.2) is 13.1 Å². The average Bonchev–Trinajstić information content (AvgIpc) is 2.34. The molecule has 1 nitrogen and oxygen atoms in total. The SMILES string of the molecule is CCCC(CNCC(C)C)Cc1cccc(F)c1Cl. The summed E-state index contributed by atoms with van der Waals surface area (Å²) in [6.07, 6.45) is 3.12. The molecule has 1 aromatic carbocycles. The van der Waals surface area contributed by atoms with E-state index in [9.17, 15) is 4.39 Å². The summed E-state index contributed by atoms with van der Waals surface area (Å²) in [6.45, 7) is 8.58. The number of rotatable bonds is 8. The highest BCUT2D eigenvalue weighted by molar-refractivity contribution is 6.31. The van der Waals surface area contributed by atoms with Crippen molar-refractivity contribution in [2.24, 2.45) is 11.8 Å². The zero-order valence-electron chi connectivity index (χ0n) is 12.2. The standard InChI is InChI=1S/C16H25ClFN/c1-4-6-13(11-19-10-12(2)3)9-14-7-5-8-15(18)16(14)17/h5,7-8,12-13,19H,4,6,9-11H2,1-3H3. The van der Waals surface area contributed by atoms with Crippen molar-refractivity contribution in [2.45, 2.75) is 40.0 Å². The molecule has 0 saturated heterocycles. The van der Waals surface area contributed by atoms with Crippen molar-refractivity contribution in [3.63, 3.8) is 0 Å². The molecule has 0 bridgehead atoms. The Bertz CT molecular complexity index is 379. The van der Waals surface area contributed by atoms with Crippen molar-refractivity contribution >= 4 is 11.6 Å². The van der Waals surface area contributed by atoms with Crippen molar-refractivity contribution in [3.05, 3.63) is 34.6 Å². The van der Waals surface area contributed by atoms with Crippen LogP contribution in [0, 0.1) is 17.7 Å². The minimum atomic E-state index is -0.315. The van der Waals surface area contributed by atoms with Gasteiger partial charge in [0, 0.05) is 0 Å². The van der Waals surface area contributed by atoms with Gasteiger partial charge < -0.3 is 5.32 Å². The van der Waals surface area contributed by atoms with Crippen LogP contribution in [-0.2, 0) is 6.42 Å². The van der Waals surface area contributed by atoms with E-state index in [1.54, 1.807) is 6.07 Å². The summed E-state index contributed by atoms with van der Waals surface area (Å²) >= 11 is 6.03. The molecule has 0 radical (unpaired) electrons. The number of halogens is 2. The van der Waals surface area contributed by atoms with E-state index in [0.29, 0.717) is 11.8 Å². The molecule has 1 unspecified atom stereocenters. The number of hydrogen-bond acceptors (Lipinski definition) is 1. The fourth-order valence-corrected chi connectivity index (χ4v) is 2.48. The lowest BCUT2D eigenvalue weighted by Crippen LogP contribution is -2.27. The van der Waals surface area contributed by atoms with E-state index in [-0.39, 0.29) is 10.8 Å². The zero-order chi connectivity index (χ0) is 14.3. The molecule has 1 N–H and O–H groups in total. The minimum absolute atomic E-state index is 0.285. The molecule has 1 rings (SSSR count). The lowest BCUT2D eigenvalue weighted by atomic mass is 9.94. The molecule has 1 atom stereocenters. The van der Waals surface area contributed by atoms with Crippen LogP contribution in [0.5, 0.6) is 0 Å². The molecule has 1 aromatic rings. The van der Waals surface area contributed by atoms with Crippen molar-refractivity contribution in [3.8, 4) is 0 Å². The Hall–Kier alpha value is -0.600. The topological polar surface area (TPSA) is 12.0 Å². The van der Waals surface area contributed by atoms with Gasteiger partial charge in [-0.15, -0.1) is 0 Å². The predicted octanol–water partition coefficient (Wildman–Crippen LogP) is 4.68. The first-order valence-electron chi connectivity index (χ1n) is 7.18. The number of hydrogen-bond donors (Lipinski definition) is 1. The van der Waals surface area contributed by atoms with E-state index in [4.69, 9.17) is 11.6 Å². The second-order valence-electron chi connectivity index (χ2n) is 5.62. The summed E-state index contributed by atoms with van der Waals surface area (Å²) in [7, 11) is 0. The van der Waals surface area contributed by atoms with Crippen molar-refractivity contribution < 1.29 is 4.39 Å². The Morgan fingerprint density at radius 3 is 2.63 bits per heavy atom. The maximum atomic E-state index is 13.4. The minimum Gasteiger partial charge on any atom is -0.316 e. The maximum Gasteiger partial charge on any atom is 0.142 e. The van der Waals surface area contributed by atoms with Crippen LogP contribution >= 0.6 is 11.6 Å². The summed E-state index contributed by atoms with van der Waals surface area (Å²) in [5, 5.41) is 3.77. The van der Waals surface area contributed by atoms with Crippen molar-refractivity contribution in [2.75, 3.05) is 13.1 Å². The highest BCUT2D eigenvalue weighted by Gasteiger charge is 2.13. The summed E-state index contributed by atoms with van der Waals surface area (Å²) in [4.78, 5) is 0. The second kappa shape index (κ2) is 8.55.